The lowest BCUT2D eigenvalue weighted by atomic mass is 11.0. The van der Waals surface area contributed by atoms with Crippen molar-refractivity contribution in [3.05, 3.63) is 0 Å². The average Bonchev–Trinajstić information content (AvgIpc) is 2.37. The highest BCUT2D eigenvalue weighted by Gasteiger charge is 2.31. The van der Waals surface area contributed by atoms with E-state index in [1.165, 1.54) is 0 Å². The topological polar surface area (TPSA) is 0 Å². The number of hydrogen-bond acceptors (Lipinski definition) is 8. The van der Waals surface area contributed by atoms with Crippen molar-refractivity contribution in [2.24, 2.45) is 0 Å². The summed E-state index contributed by atoms with van der Waals surface area (Å²) >= 11 is 25.2. The van der Waals surface area contributed by atoms with Gasteiger partial charge in [0.15, 0.2) is 2.74 Å². The van der Waals surface area contributed by atoms with Gasteiger partial charge < -0.3 is 0 Å². The highest BCUT2D eigenvalue weighted by molar-refractivity contribution is 8.47. The highest BCUT2D eigenvalue weighted by Crippen LogP contribution is 2.55. The molecule has 0 atom stereocenters. The second-order valence-corrected chi connectivity index (χ2v) is 11.4. The molecule has 0 heterocycles. The molecule has 8 heteroatoms. The molecule has 0 saturated heterocycles. The van der Waals surface area contributed by atoms with Gasteiger partial charge in [0.2, 0.25) is 0 Å². The smallest absolute Gasteiger partial charge is 0.153 e. The summed E-state index contributed by atoms with van der Waals surface area (Å²) in [7, 11) is 0. The van der Waals surface area contributed by atoms with E-state index >= 15 is 0 Å². The van der Waals surface area contributed by atoms with Crippen LogP contribution in [0.25, 0.3) is 0 Å². The highest BCUT2D eigenvalue weighted by atomic mass is 32.3. The molecule has 0 rings (SSSR count). The number of rotatable bonds is 12. The van der Waals surface area contributed by atoms with Crippen molar-refractivity contribution in [1.29, 1.82) is 0 Å². The van der Waals surface area contributed by atoms with E-state index in [0.717, 1.165) is 46.0 Å². The molecule has 0 saturated carbocycles. The number of thioether (sulfide) groups is 4. The fourth-order valence-corrected chi connectivity index (χ4v) is 8.39. The second-order valence-electron chi connectivity index (χ2n) is 2.79. The van der Waals surface area contributed by atoms with Gasteiger partial charge in [0.25, 0.3) is 0 Å². The quantitative estimate of drug-likeness (QED) is 0.293. The third-order valence-corrected chi connectivity index (χ3v) is 10.9. The minimum atomic E-state index is 0.178. The van der Waals surface area contributed by atoms with Crippen molar-refractivity contribution in [3.8, 4) is 0 Å². The Bertz CT molecular complexity index is 128. The third-order valence-electron chi connectivity index (χ3n) is 1.48. The normalized spacial score (nSPS) is 12.0. The zero-order valence-electron chi connectivity index (χ0n) is 9.58. The lowest BCUT2D eigenvalue weighted by Gasteiger charge is -2.31. The van der Waals surface area contributed by atoms with Gasteiger partial charge >= 0.3 is 0 Å². The first kappa shape index (κ1) is 19.8. The molecule has 0 aromatic carbocycles. The standard InChI is InChI=1S/C9H20S8/c10-1-5-14-9(15-6-2-11,16-7-3-12)17-8-4-13/h10-13H,1-8H2. The summed E-state index contributed by atoms with van der Waals surface area (Å²) in [6, 6.07) is 0. The molecule has 17 heavy (non-hydrogen) atoms. The monoisotopic (exact) mass is 384 g/mol. The first-order chi connectivity index (χ1) is 8.24. The van der Waals surface area contributed by atoms with Crippen molar-refractivity contribution in [2.75, 3.05) is 46.0 Å². The minimum absolute atomic E-state index is 0.178. The molecule has 0 aliphatic heterocycles. The van der Waals surface area contributed by atoms with Crippen LogP contribution in [0.4, 0.5) is 0 Å². The van der Waals surface area contributed by atoms with Crippen LogP contribution in [0.15, 0.2) is 0 Å². The number of thiol groups is 4. The van der Waals surface area contributed by atoms with Crippen LogP contribution in [-0.2, 0) is 0 Å². The van der Waals surface area contributed by atoms with Gasteiger partial charge in [-0.25, -0.2) is 0 Å². The van der Waals surface area contributed by atoms with Crippen LogP contribution in [0.3, 0.4) is 0 Å². The molecule has 0 amide bonds. The molecule has 0 unspecified atom stereocenters. The summed E-state index contributed by atoms with van der Waals surface area (Å²) in [5.41, 5.74) is 0. The van der Waals surface area contributed by atoms with Crippen LogP contribution in [-0.4, -0.2) is 48.8 Å². The molecule has 0 aromatic rings. The molecule has 0 fully saturated rings. The molecule has 0 spiro atoms. The fraction of sp³-hybridized carbons (Fsp3) is 1.00. The first-order valence-corrected chi connectivity index (χ1v) is 11.7. The Hall–Kier alpha value is 2.80. The van der Waals surface area contributed by atoms with Gasteiger partial charge in [0, 0.05) is 23.0 Å². The number of hydrogen-bond donors (Lipinski definition) is 4. The first-order valence-electron chi connectivity index (χ1n) is 5.24. The predicted molar refractivity (Wildman–Crippen MR) is 108 cm³/mol. The van der Waals surface area contributed by atoms with E-state index in [-0.39, 0.29) is 2.74 Å². The predicted octanol–water partition coefficient (Wildman–Crippen LogP) is 4.25. The molecule has 0 aromatic heterocycles. The summed E-state index contributed by atoms with van der Waals surface area (Å²) in [5, 5.41) is 0. The molecule has 0 N–H and O–H groups in total. The molecule has 0 bridgehead atoms. The van der Waals surface area contributed by atoms with E-state index < -0.39 is 0 Å². The van der Waals surface area contributed by atoms with E-state index in [1.54, 1.807) is 0 Å². The Morgan fingerprint density at radius 3 is 0.941 bits per heavy atom. The van der Waals surface area contributed by atoms with E-state index in [0.29, 0.717) is 0 Å². The maximum Gasteiger partial charge on any atom is 0.153 e. The zero-order chi connectivity index (χ0) is 13.0. The SMILES string of the molecule is SCCSC(SCCS)(SCCS)SCCS. The van der Waals surface area contributed by atoms with Crippen molar-refractivity contribution >= 4 is 97.6 Å². The molecule has 0 aliphatic carbocycles. The Morgan fingerprint density at radius 2 is 0.765 bits per heavy atom. The summed E-state index contributed by atoms with van der Waals surface area (Å²) in [6.07, 6.45) is 0. The molecule has 104 valence electrons. The molecular formula is C9H20S8. The zero-order valence-corrected chi connectivity index (χ0v) is 16.4. The largest absolute Gasteiger partial charge is 0.179 e. The van der Waals surface area contributed by atoms with Crippen LogP contribution in [0.5, 0.6) is 0 Å². The maximum absolute atomic E-state index is 4.31. The van der Waals surface area contributed by atoms with Crippen LogP contribution >= 0.6 is 97.6 Å². The van der Waals surface area contributed by atoms with Gasteiger partial charge in [-0.15, -0.1) is 47.0 Å². The summed E-state index contributed by atoms with van der Waals surface area (Å²) in [4.78, 5) is 0. The Labute approximate surface area is 145 Å². The fourth-order valence-electron chi connectivity index (χ4n) is 0.933. The van der Waals surface area contributed by atoms with Crippen LogP contribution in [0, 0.1) is 0 Å². The van der Waals surface area contributed by atoms with E-state index in [9.17, 15) is 0 Å². The van der Waals surface area contributed by atoms with Gasteiger partial charge in [0.05, 0.1) is 0 Å². The van der Waals surface area contributed by atoms with Crippen molar-refractivity contribution in [2.45, 2.75) is 2.74 Å². The molecule has 0 radical (unpaired) electrons. The Kier molecular flexibility index (Phi) is 16.0. The average molecular weight is 385 g/mol. The van der Waals surface area contributed by atoms with E-state index in [4.69, 9.17) is 0 Å². The Balaban J connectivity index is 4.39. The second kappa shape index (κ2) is 13.8. The molecular weight excluding hydrogens is 365 g/mol. The van der Waals surface area contributed by atoms with Gasteiger partial charge in [-0.05, 0) is 23.0 Å². The van der Waals surface area contributed by atoms with Gasteiger partial charge in [-0.1, -0.05) is 0 Å². The van der Waals surface area contributed by atoms with Crippen LogP contribution in [0.1, 0.15) is 0 Å². The van der Waals surface area contributed by atoms with Crippen molar-refractivity contribution in [3.63, 3.8) is 0 Å². The van der Waals surface area contributed by atoms with E-state index in [2.05, 4.69) is 50.5 Å². The third kappa shape index (κ3) is 10.2. The van der Waals surface area contributed by atoms with Gasteiger partial charge in [-0.3, -0.25) is 0 Å². The summed E-state index contributed by atoms with van der Waals surface area (Å²) in [5.74, 6) is 8.05. The van der Waals surface area contributed by atoms with Gasteiger partial charge in [0.1, 0.15) is 0 Å². The summed E-state index contributed by atoms with van der Waals surface area (Å²) < 4.78 is 0.178. The van der Waals surface area contributed by atoms with Crippen LogP contribution in [0.2, 0.25) is 0 Å². The van der Waals surface area contributed by atoms with Crippen molar-refractivity contribution in [1.82, 2.24) is 0 Å². The van der Waals surface area contributed by atoms with Crippen LogP contribution < -0.4 is 0 Å². The lowest BCUT2D eigenvalue weighted by Crippen LogP contribution is -2.15. The lowest BCUT2D eigenvalue weighted by molar-refractivity contribution is 1.49. The van der Waals surface area contributed by atoms with Crippen molar-refractivity contribution < 1.29 is 0 Å². The summed E-state index contributed by atoms with van der Waals surface area (Å²) in [6.45, 7) is 0. The van der Waals surface area contributed by atoms with Gasteiger partial charge in [-0.2, -0.15) is 50.5 Å². The van der Waals surface area contributed by atoms with E-state index in [1.807, 2.05) is 47.0 Å². The molecule has 0 aliphatic rings. The Morgan fingerprint density at radius 1 is 0.529 bits per heavy atom. The minimum Gasteiger partial charge on any atom is -0.179 e. The maximum atomic E-state index is 4.31. The molecule has 0 nitrogen and oxygen atoms in total.